The summed E-state index contributed by atoms with van der Waals surface area (Å²) in [6.07, 6.45) is 4.11. The van der Waals surface area contributed by atoms with E-state index in [4.69, 9.17) is 9.72 Å². The summed E-state index contributed by atoms with van der Waals surface area (Å²) < 4.78 is 8.69. The Labute approximate surface area is 305 Å². The number of pyridine rings is 1. The van der Waals surface area contributed by atoms with Crippen molar-refractivity contribution in [2.24, 2.45) is 5.41 Å². The third-order valence-corrected chi connectivity index (χ3v) is 9.02. The first-order valence-electron chi connectivity index (χ1n) is 16.7. The van der Waals surface area contributed by atoms with Crippen LogP contribution in [-0.4, -0.2) is 9.55 Å². The molecule has 1 aliphatic rings. The molecule has 0 spiro atoms. The molecule has 4 aromatic carbocycles. The van der Waals surface area contributed by atoms with Crippen LogP contribution < -0.4 is 14.5 Å². The van der Waals surface area contributed by atoms with Gasteiger partial charge in [0.05, 0.1) is 0 Å². The van der Waals surface area contributed by atoms with Gasteiger partial charge in [-0.3, -0.25) is 0 Å². The molecule has 0 aliphatic carbocycles. The van der Waals surface area contributed by atoms with Crippen molar-refractivity contribution in [2.75, 3.05) is 9.80 Å². The van der Waals surface area contributed by atoms with E-state index in [9.17, 15) is 0 Å². The second kappa shape index (κ2) is 13.2. The first kappa shape index (κ1) is 34.5. The van der Waals surface area contributed by atoms with Gasteiger partial charge in [0.15, 0.2) is 0 Å². The number of allylic oxidation sites excluding steroid dienone is 1. The molecular formula is C43H43N4OPt-3. The fourth-order valence-electron chi connectivity index (χ4n) is 6.27. The van der Waals surface area contributed by atoms with Crippen LogP contribution in [0.3, 0.4) is 0 Å². The molecule has 0 saturated heterocycles. The Hall–Kier alpha value is -4.34. The minimum Gasteiger partial charge on any atom is -0.509 e. The molecule has 254 valence electrons. The molecule has 49 heavy (non-hydrogen) atoms. The maximum Gasteiger partial charge on any atom is 0.135 e. The first-order chi connectivity index (χ1) is 22.9. The molecule has 3 heterocycles. The van der Waals surface area contributed by atoms with Crippen LogP contribution in [0.1, 0.15) is 72.4 Å². The molecule has 0 fully saturated rings. The van der Waals surface area contributed by atoms with Crippen molar-refractivity contribution in [3.8, 4) is 17.3 Å². The van der Waals surface area contributed by atoms with Crippen LogP contribution in [0.15, 0.2) is 109 Å². The van der Waals surface area contributed by atoms with Crippen LogP contribution in [0.25, 0.3) is 27.6 Å². The number of fused-ring (bicyclic) bond motifs is 3. The van der Waals surface area contributed by atoms with Crippen molar-refractivity contribution in [1.29, 1.82) is 0 Å². The van der Waals surface area contributed by atoms with Crippen molar-refractivity contribution in [3.05, 3.63) is 139 Å². The largest absolute Gasteiger partial charge is 0.509 e. The maximum atomic E-state index is 6.50. The molecule has 1 aliphatic heterocycles. The summed E-state index contributed by atoms with van der Waals surface area (Å²) in [6.45, 7) is 20.0. The Morgan fingerprint density at radius 3 is 2.20 bits per heavy atom. The number of aromatic nitrogens is 2. The summed E-state index contributed by atoms with van der Waals surface area (Å²) in [4.78, 5) is 9.21. The average molecular weight is 827 g/mol. The normalized spacial score (nSPS) is 13.7. The van der Waals surface area contributed by atoms with Gasteiger partial charge in [-0.2, -0.15) is 12.1 Å². The van der Waals surface area contributed by atoms with E-state index in [1.54, 1.807) is 0 Å². The molecule has 0 N–H and O–H groups in total. The summed E-state index contributed by atoms with van der Waals surface area (Å²) in [6, 6.07) is 38.8. The van der Waals surface area contributed by atoms with Gasteiger partial charge in [-0.05, 0) is 64.4 Å². The van der Waals surface area contributed by atoms with Gasteiger partial charge in [-0.1, -0.05) is 91.2 Å². The molecule has 5 nitrogen and oxygen atoms in total. The van der Waals surface area contributed by atoms with Gasteiger partial charge >= 0.3 is 0 Å². The molecule has 0 unspecified atom stereocenters. The van der Waals surface area contributed by atoms with E-state index in [1.807, 2.05) is 24.4 Å². The number of hydrogen-bond acceptors (Lipinski definition) is 4. The van der Waals surface area contributed by atoms with Gasteiger partial charge in [0.2, 0.25) is 0 Å². The molecule has 6 heteroatoms. The molecule has 0 amide bonds. The van der Waals surface area contributed by atoms with Crippen molar-refractivity contribution in [3.63, 3.8) is 0 Å². The molecule has 0 atom stereocenters. The summed E-state index contributed by atoms with van der Waals surface area (Å²) >= 11 is 0. The number of ether oxygens (including phenoxy) is 1. The Morgan fingerprint density at radius 1 is 0.755 bits per heavy atom. The topological polar surface area (TPSA) is 33.5 Å². The fourth-order valence-corrected chi connectivity index (χ4v) is 6.27. The van der Waals surface area contributed by atoms with Crippen LogP contribution in [-0.2, 0) is 26.5 Å². The van der Waals surface area contributed by atoms with Crippen LogP contribution in [0.5, 0.6) is 11.5 Å². The number of anilines is 2. The molecule has 7 rings (SSSR count). The maximum absolute atomic E-state index is 6.50. The van der Waals surface area contributed by atoms with E-state index >= 15 is 0 Å². The van der Waals surface area contributed by atoms with Gasteiger partial charge < -0.3 is 19.1 Å². The summed E-state index contributed by atoms with van der Waals surface area (Å²) in [5.41, 5.74) is 7.68. The SMILES string of the molecule is CC(C)c1ccc(N2C=C(C(C)(C)C)N(c3[c-]c(Oc4[c-]c5c(cc4)c4ccccc4n5-c4cc(C(C)(C)C)ccn4)ccc3)[CH-]2)cc1.[Pt]. The van der Waals surface area contributed by atoms with Crippen LogP contribution in [0.2, 0.25) is 0 Å². The van der Waals surface area contributed by atoms with Crippen molar-refractivity contribution in [2.45, 2.75) is 66.7 Å². The van der Waals surface area contributed by atoms with E-state index in [1.165, 1.54) is 16.8 Å². The van der Waals surface area contributed by atoms with E-state index in [-0.39, 0.29) is 31.9 Å². The predicted octanol–water partition coefficient (Wildman–Crippen LogP) is 11.3. The van der Waals surface area contributed by atoms with Crippen molar-refractivity contribution < 1.29 is 25.8 Å². The van der Waals surface area contributed by atoms with Crippen LogP contribution in [0.4, 0.5) is 11.4 Å². The Bertz CT molecular complexity index is 2150. The third kappa shape index (κ3) is 6.79. The monoisotopic (exact) mass is 826 g/mol. The minimum absolute atomic E-state index is 0. The van der Waals surface area contributed by atoms with Crippen LogP contribution >= 0.6 is 0 Å². The Kier molecular flexibility index (Phi) is 9.28. The quantitative estimate of drug-likeness (QED) is 0.157. The molecule has 6 aromatic rings. The first-order valence-corrected chi connectivity index (χ1v) is 16.7. The van der Waals surface area contributed by atoms with E-state index in [0.29, 0.717) is 17.4 Å². The zero-order valence-corrected chi connectivity index (χ0v) is 31.8. The Balaban J connectivity index is 0.00000417. The average Bonchev–Trinajstić information content (AvgIpc) is 3.65. The van der Waals surface area contributed by atoms with Gasteiger partial charge in [0.25, 0.3) is 0 Å². The van der Waals surface area contributed by atoms with Gasteiger partial charge in [-0.15, -0.1) is 48.1 Å². The number of para-hydroxylation sites is 1. The fraction of sp³-hybridized carbons (Fsp3) is 0.256. The van der Waals surface area contributed by atoms with Crippen molar-refractivity contribution >= 4 is 33.2 Å². The standard InChI is InChI=1S/C43H43N4O.Pt/c1-29(2)30-16-18-32(19-17-30)45-27-40(43(6,7)8)46(28-45)33-12-11-13-34(25-33)48-35-20-21-37-36-14-9-10-15-38(36)47(39(37)26-35)41-24-31(22-23-44-41)42(3,4)5;/h9-24,27-29H,1-8H3;/q-3;. The second-order valence-electron chi connectivity index (χ2n) is 15.0. The van der Waals surface area contributed by atoms with Crippen molar-refractivity contribution in [1.82, 2.24) is 9.55 Å². The number of nitrogens with zero attached hydrogens (tertiary/aromatic N) is 4. The zero-order chi connectivity index (χ0) is 33.8. The van der Waals surface area contributed by atoms with E-state index < -0.39 is 0 Å². The summed E-state index contributed by atoms with van der Waals surface area (Å²) in [7, 11) is 0. The summed E-state index contributed by atoms with van der Waals surface area (Å²) in [5.74, 6) is 2.61. The molecule has 2 aromatic heterocycles. The molecule has 0 bridgehead atoms. The van der Waals surface area contributed by atoms with E-state index in [0.717, 1.165) is 39.0 Å². The minimum atomic E-state index is -0.0988. The summed E-state index contributed by atoms with van der Waals surface area (Å²) in [5, 5.41) is 2.26. The second-order valence-corrected chi connectivity index (χ2v) is 15.0. The Morgan fingerprint density at radius 2 is 1.49 bits per heavy atom. The smallest absolute Gasteiger partial charge is 0.135 e. The zero-order valence-electron chi connectivity index (χ0n) is 29.5. The third-order valence-electron chi connectivity index (χ3n) is 9.02. The molecule has 0 radical (unpaired) electrons. The van der Waals surface area contributed by atoms with Gasteiger partial charge in [0.1, 0.15) is 5.82 Å². The van der Waals surface area contributed by atoms with E-state index in [2.05, 4.69) is 168 Å². The predicted molar refractivity (Wildman–Crippen MR) is 199 cm³/mol. The number of hydrogen-bond donors (Lipinski definition) is 0. The van der Waals surface area contributed by atoms with Gasteiger partial charge in [-0.25, -0.2) is 4.98 Å². The van der Waals surface area contributed by atoms with Crippen LogP contribution in [0, 0.1) is 24.2 Å². The van der Waals surface area contributed by atoms with Gasteiger partial charge in [0, 0.05) is 61.1 Å². The number of benzene rings is 4. The number of rotatable bonds is 6. The molecular weight excluding hydrogens is 784 g/mol. The molecule has 0 saturated carbocycles.